The summed E-state index contributed by atoms with van der Waals surface area (Å²) in [7, 11) is 4.80. The Bertz CT molecular complexity index is 892. The maximum Gasteiger partial charge on any atom is 0.162 e. The second-order valence-corrected chi connectivity index (χ2v) is 6.67. The summed E-state index contributed by atoms with van der Waals surface area (Å²) in [6.45, 7) is 0. The number of ether oxygens (including phenoxy) is 4. The van der Waals surface area contributed by atoms with Crippen LogP contribution in [0.1, 0.15) is 36.8 Å². The summed E-state index contributed by atoms with van der Waals surface area (Å²) < 4.78 is 22.2. The number of rotatable bonds is 7. The van der Waals surface area contributed by atoms with Crippen molar-refractivity contribution in [3.63, 3.8) is 0 Å². The molecule has 2 aromatic carbocycles. The molecule has 0 heterocycles. The molecule has 1 fully saturated rings. The zero-order valence-electron chi connectivity index (χ0n) is 16.5. The molecular weight excluding hydrogens is 354 g/mol. The molecule has 0 aliphatic heterocycles. The van der Waals surface area contributed by atoms with Gasteiger partial charge in [0.1, 0.15) is 0 Å². The molecule has 0 unspecified atom stereocenters. The van der Waals surface area contributed by atoms with Crippen molar-refractivity contribution in [2.24, 2.45) is 0 Å². The van der Waals surface area contributed by atoms with E-state index in [1.165, 1.54) is 12.8 Å². The molecular formula is C23H25NO4. The number of nitrogens with zero attached hydrogens (tertiary/aromatic N) is 1. The van der Waals surface area contributed by atoms with Crippen LogP contribution in [0.25, 0.3) is 11.6 Å². The quantitative estimate of drug-likeness (QED) is 0.495. The number of hydrogen-bond acceptors (Lipinski definition) is 5. The smallest absolute Gasteiger partial charge is 0.162 e. The van der Waals surface area contributed by atoms with Crippen molar-refractivity contribution in [2.45, 2.75) is 31.8 Å². The molecule has 0 spiro atoms. The molecule has 5 nitrogen and oxygen atoms in total. The molecule has 0 bridgehead atoms. The molecule has 0 saturated heterocycles. The number of hydrogen-bond donors (Lipinski definition) is 0. The van der Waals surface area contributed by atoms with Gasteiger partial charge in [-0.1, -0.05) is 6.07 Å². The Labute approximate surface area is 166 Å². The van der Waals surface area contributed by atoms with Gasteiger partial charge >= 0.3 is 0 Å². The van der Waals surface area contributed by atoms with Gasteiger partial charge in [-0.25, -0.2) is 0 Å². The first-order valence-electron chi connectivity index (χ1n) is 9.37. The van der Waals surface area contributed by atoms with Gasteiger partial charge in [0.05, 0.1) is 39.1 Å². The van der Waals surface area contributed by atoms with Crippen molar-refractivity contribution in [2.75, 3.05) is 21.3 Å². The Morgan fingerprint density at radius 1 is 0.893 bits per heavy atom. The first kappa shape index (κ1) is 19.6. The lowest BCUT2D eigenvalue weighted by atomic mass is 10.0. The Balaban J connectivity index is 1.93. The second kappa shape index (κ2) is 9.18. The fourth-order valence-electron chi connectivity index (χ4n) is 3.41. The van der Waals surface area contributed by atoms with Gasteiger partial charge in [-0.15, -0.1) is 0 Å². The van der Waals surface area contributed by atoms with E-state index in [0.717, 1.165) is 24.0 Å². The van der Waals surface area contributed by atoms with Crippen LogP contribution >= 0.6 is 0 Å². The molecule has 2 aromatic rings. The second-order valence-electron chi connectivity index (χ2n) is 6.67. The highest BCUT2D eigenvalue weighted by Gasteiger charge is 2.18. The molecule has 28 heavy (non-hydrogen) atoms. The Morgan fingerprint density at radius 2 is 1.54 bits per heavy atom. The van der Waals surface area contributed by atoms with E-state index in [-0.39, 0.29) is 6.10 Å². The Kier molecular flexibility index (Phi) is 6.44. The maximum absolute atomic E-state index is 9.68. The summed E-state index contributed by atoms with van der Waals surface area (Å²) in [5.74, 6) is 2.63. The summed E-state index contributed by atoms with van der Waals surface area (Å²) in [5, 5.41) is 9.68. The molecule has 0 amide bonds. The van der Waals surface area contributed by atoms with Crippen molar-refractivity contribution in [1.29, 1.82) is 5.26 Å². The lowest BCUT2D eigenvalue weighted by Gasteiger charge is -2.16. The monoisotopic (exact) mass is 379 g/mol. The first-order valence-corrected chi connectivity index (χ1v) is 9.37. The third kappa shape index (κ3) is 4.40. The molecule has 3 rings (SSSR count). The van der Waals surface area contributed by atoms with Crippen molar-refractivity contribution >= 4 is 11.6 Å². The average molecular weight is 379 g/mol. The fourth-order valence-corrected chi connectivity index (χ4v) is 3.41. The summed E-state index contributed by atoms with van der Waals surface area (Å²) in [6, 6.07) is 13.4. The van der Waals surface area contributed by atoms with Crippen LogP contribution in [0.3, 0.4) is 0 Å². The van der Waals surface area contributed by atoms with Crippen LogP contribution in [0.15, 0.2) is 36.4 Å². The molecule has 5 heteroatoms. The summed E-state index contributed by atoms with van der Waals surface area (Å²) >= 11 is 0. The predicted octanol–water partition coefficient (Wildman–Crippen LogP) is 5.10. The largest absolute Gasteiger partial charge is 0.493 e. The van der Waals surface area contributed by atoms with Gasteiger partial charge in [-0.2, -0.15) is 5.26 Å². The van der Waals surface area contributed by atoms with Gasteiger partial charge in [0.25, 0.3) is 0 Å². The Hall–Kier alpha value is -3.13. The minimum atomic E-state index is 0.231. The molecule has 0 aromatic heterocycles. The molecule has 1 saturated carbocycles. The van der Waals surface area contributed by atoms with Crippen molar-refractivity contribution in [1.82, 2.24) is 0 Å². The molecule has 0 atom stereocenters. The van der Waals surface area contributed by atoms with E-state index in [1.807, 2.05) is 30.3 Å². The highest BCUT2D eigenvalue weighted by molar-refractivity contribution is 5.90. The minimum Gasteiger partial charge on any atom is -0.493 e. The number of methoxy groups -OCH3 is 3. The summed E-state index contributed by atoms with van der Waals surface area (Å²) in [6.07, 6.45) is 6.60. The number of nitriles is 1. The molecule has 0 N–H and O–H groups in total. The zero-order chi connectivity index (χ0) is 19.9. The molecule has 1 aliphatic rings. The van der Waals surface area contributed by atoms with E-state index < -0.39 is 0 Å². The van der Waals surface area contributed by atoms with Gasteiger partial charge in [0, 0.05) is 0 Å². The molecule has 146 valence electrons. The lowest BCUT2D eigenvalue weighted by Crippen LogP contribution is -2.11. The van der Waals surface area contributed by atoms with E-state index in [4.69, 9.17) is 18.9 Å². The third-order valence-corrected chi connectivity index (χ3v) is 4.91. The number of benzene rings is 2. The van der Waals surface area contributed by atoms with E-state index in [1.54, 1.807) is 33.5 Å². The van der Waals surface area contributed by atoms with Crippen LogP contribution in [-0.4, -0.2) is 27.4 Å². The van der Waals surface area contributed by atoms with Crippen molar-refractivity contribution in [3.05, 3.63) is 47.5 Å². The van der Waals surface area contributed by atoms with Crippen LogP contribution in [0.4, 0.5) is 0 Å². The normalized spacial score (nSPS) is 14.4. The average Bonchev–Trinajstić information content (AvgIpc) is 3.24. The molecule has 0 radical (unpaired) electrons. The summed E-state index contributed by atoms with van der Waals surface area (Å²) in [4.78, 5) is 0. The van der Waals surface area contributed by atoms with E-state index >= 15 is 0 Å². The van der Waals surface area contributed by atoms with Gasteiger partial charge < -0.3 is 18.9 Å². The summed E-state index contributed by atoms with van der Waals surface area (Å²) in [5.41, 5.74) is 2.16. The van der Waals surface area contributed by atoms with Crippen LogP contribution in [-0.2, 0) is 0 Å². The lowest BCUT2D eigenvalue weighted by molar-refractivity contribution is 0.201. The number of allylic oxidation sites excluding steroid dienone is 1. The van der Waals surface area contributed by atoms with Gasteiger partial charge in [0.2, 0.25) is 0 Å². The third-order valence-electron chi connectivity index (χ3n) is 4.91. The van der Waals surface area contributed by atoms with Crippen LogP contribution in [0.5, 0.6) is 23.0 Å². The standard InChI is InChI=1S/C23H25NO4/c1-25-20-11-9-17(14-22(20)27-3)18(15-24)12-16-8-10-21(26-2)23(13-16)28-19-6-4-5-7-19/h8-14,19H,4-7H2,1-3H3/b18-12+. The highest BCUT2D eigenvalue weighted by atomic mass is 16.5. The predicted molar refractivity (Wildman–Crippen MR) is 109 cm³/mol. The SMILES string of the molecule is COc1ccc(/C(C#N)=C/c2ccc(OC)c(OC3CCCC3)c2)cc1OC. The van der Waals surface area contributed by atoms with Gasteiger partial charge in [0.15, 0.2) is 23.0 Å². The van der Waals surface area contributed by atoms with Gasteiger partial charge in [-0.05, 0) is 73.2 Å². The highest BCUT2D eigenvalue weighted by Crippen LogP contribution is 2.34. The minimum absolute atomic E-state index is 0.231. The zero-order valence-corrected chi connectivity index (χ0v) is 16.5. The fraction of sp³-hybridized carbons (Fsp3) is 0.348. The van der Waals surface area contributed by atoms with Crippen molar-refractivity contribution < 1.29 is 18.9 Å². The molecule has 1 aliphatic carbocycles. The van der Waals surface area contributed by atoms with E-state index in [2.05, 4.69) is 6.07 Å². The van der Waals surface area contributed by atoms with E-state index in [9.17, 15) is 5.26 Å². The van der Waals surface area contributed by atoms with Crippen LogP contribution in [0, 0.1) is 11.3 Å². The topological polar surface area (TPSA) is 60.7 Å². The van der Waals surface area contributed by atoms with Crippen LogP contribution < -0.4 is 18.9 Å². The first-order chi connectivity index (χ1) is 13.7. The Morgan fingerprint density at radius 3 is 2.18 bits per heavy atom. The van der Waals surface area contributed by atoms with Crippen molar-refractivity contribution in [3.8, 4) is 29.1 Å². The van der Waals surface area contributed by atoms with Crippen LogP contribution in [0.2, 0.25) is 0 Å². The van der Waals surface area contributed by atoms with E-state index in [0.29, 0.717) is 28.6 Å². The maximum atomic E-state index is 9.68. The van der Waals surface area contributed by atoms with Gasteiger partial charge in [-0.3, -0.25) is 0 Å².